The van der Waals surface area contributed by atoms with Crippen molar-refractivity contribution in [2.24, 2.45) is 0 Å². The van der Waals surface area contributed by atoms with E-state index in [1.54, 1.807) is 21.6 Å². The summed E-state index contributed by atoms with van der Waals surface area (Å²) in [4.78, 5) is 47.1. The number of thiocarbonyl (C=S) groups is 1. The number of carboxylic acids is 1. The van der Waals surface area contributed by atoms with Gasteiger partial charge in [0.2, 0.25) is 6.79 Å². The zero-order valence-electron chi connectivity index (χ0n) is 23.5. The molecule has 0 aliphatic carbocycles. The van der Waals surface area contributed by atoms with Gasteiger partial charge in [0, 0.05) is 52.4 Å². The molecule has 42 heavy (non-hydrogen) atoms. The predicted molar refractivity (Wildman–Crippen MR) is 165 cm³/mol. The van der Waals surface area contributed by atoms with E-state index in [2.05, 4.69) is 15.9 Å². The number of ether oxygens (including phenoxy) is 2. The van der Waals surface area contributed by atoms with Crippen molar-refractivity contribution in [1.29, 1.82) is 0 Å². The second-order valence-corrected chi connectivity index (χ2v) is 11.7. The first-order valence-corrected chi connectivity index (χ1v) is 14.7. The van der Waals surface area contributed by atoms with Crippen LogP contribution in [0, 0.1) is 6.92 Å². The number of benzene rings is 1. The summed E-state index contributed by atoms with van der Waals surface area (Å²) in [6.07, 6.45) is 3.46. The van der Waals surface area contributed by atoms with Crippen molar-refractivity contribution >= 4 is 57.7 Å². The number of carbonyl (C=O) groups excluding carboxylic acids is 1. The number of aliphatic carboxylic acids is 1. The maximum Gasteiger partial charge on any atom is 0.300 e. The molecule has 0 saturated carbocycles. The van der Waals surface area contributed by atoms with Gasteiger partial charge in [-0.2, -0.15) is 0 Å². The fraction of sp³-hybridized carbons (Fsp3) is 0.345. The number of thioether (sulfide) groups is 1. The Morgan fingerprint density at radius 3 is 2.52 bits per heavy atom. The van der Waals surface area contributed by atoms with Crippen LogP contribution in [0.2, 0.25) is 0 Å². The van der Waals surface area contributed by atoms with Crippen LogP contribution in [0.3, 0.4) is 0 Å². The highest BCUT2D eigenvalue weighted by molar-refractivity contribution is 8.26. The standard InChI is InChI=1S/C27H27N5O4S2.C2H4O2/c1-3-31-26(34)22(38-27(31)37)13-19-24(28-23-7-4-17(2)14-32(23)25(19)33)30-10-8-29(9-11-30)15-18-5-6-20-21(12-18)36-16-35-20;1-2(3)4/h4-7,12-14H,3,8-11,15-16H2,1-2H3;1H3,(H,3,4)/b22-13-;. The van der Waals surface area contributed by atoms with Gasteiger partial charge in [0.25, 0.3) is 17.4 Å². The van der Waals surface area contributed by atoms with Gasteiger partial charge in [0.15, 0.2) is 11.5 Å². The number of rotatable bonds is 5. The first kappa shape index (κ1) is 29.5. The number of carbonyl (C=O) groups is 2. The highest BCUT2D eigenvalue weighted by atomic mass is 32.2. The van der Waals surface area contributed by atoms with Crippen LogP contribution in [0.25, 0.3) is 11.7 Å². The van der Waals surface area contributed by atoms with E-state index >= 15 is 0 Å². The first-order valence-electron chi connectivity index (χ1n) is 13.5. The second kappa shape index (κ2) is 12.5. The highest BCUT2D eigenvalue weighted by Crippen LogP contribution is 2.34. The van der Waals surface area contributed by atoms with Crippen LogP contribution < -0.4 is 19.9 Å². The molecule has 0 unspecified atom stereocenters. The van der Waals surface area contributed by atoms with Crippen LogP contribution in [0.1, 0.15) is 30.5 Å². The number of pyridine rings is 1. The van der Waals surface area contributed by atoms with Gasteiger partial charge in [-0.25, -0.2) is 4.98 Å². The van der Waals surface area contributed by atoms with Crippen molar-refractivity contribution in [2.45, 2.75) is 27.3 Å². The van der Waals surface area contributed by atoms with Gasteiger partial charge in [0.1, 0.15) is 15.8 Å². The average molecular weight is 610 g/mol. The van der Waals surface area contributed by atoms with Crippen molar-refractivity contribution in [3.8, 4) is 11.5 Å². The normalized spacial score (nSPS) is 17.6. The van der Waals surface area contributed by atoms with E-state index in [1.807, 2.05) is 38.1 Å². The summed E-state index contributed by atoms with van der Waals surface area (Å²) in [6, 6.07) is 9.86. The lowest BCUT2D eigenvalue weighted by atomic mass is 10.1. The van der Waals surface area contributed by atoms with Gasteiger partial charge in [-0.3, -0.25) is 28.6 Å². The molecule has 6 rings (SSSR count). The lowest BCUT2D eigenvalue weighted by Crippen LogP contribution is -2.47. The van der Waals surface area contributed by atoms with Gasteiger partial charge >= 0.3 is 0 Å². The van der Waals surface area contributed by atoms with E-state index in [9.17, 15) is 9.59 Å². The van der Waals surface area contributed by atoms with Gasteiger partial charge in [-0.1, -0.05) is 36.1 Å². The SMILES string of the molecule is CC(=O)O.CCN1C(=O)/C(=C/c2c(N3CCN(Cc4ccc5c(c4)OCO5)CC3)nc3ccc(C)cn3c2=O)SC1=S. The number of carboxylic acid groups (broad SMARTS) is 1. The molecule has 1 N–H and O–H groups in total. The molecule has 0 spiro atoms. The minimum atomic E-state index is -0.833. The second-order valence-electron chi connectivity index (χ2n) is 9.98. The zero-order valence-corrected chi connectivity index (χ0v) is 25.2. The summed E-state index contributed by atoms with van der Waals surface area (Å²) in [5, 5.41) is 7.42. The third-order valence-electron chi connectivity index (χ3n) is 6.97. The number of aromatic nitrogens is 2. The summed E-state index contributed by atoms with van der Waals surface area (Å²) >= 11 is 6.62. The Hall–Kier alpha value is -3.94. The van der Waals surface area contributed by atoms with E-state index in [-0.39, 0.29) is 18.3 Å². The lowest BCUT2D eigenvalue weighted by Gasteiger charge is -2.36. The Morgan fingerprint density at radius 1 is 1.12 bits per heavy atom. The molecule has 0 radical (unpaired) electrons. The maximum atomic E-state index is 13.7. The largest absolute Gasteiger partial charge is 0.481 e. The predicted octanol–water partition coefficient (Wildman–Crippen LogP) is 3.37. The number of hydrogen-bond acceptors (Lipinski definition) is 10. The van der Waals surface area contributed by atoms with Crippen LogP contribution in [-0.2, 0) is 16.1 Å². The summed E-state index contributed by atoms with van der Waals surface area (Å²) in [6.45, 7) is 9.48. The monoisotopic (exact) mass is 609 g/mol. The number of anilines is 1. The Labute approximate surface area is 252 Å². The number of nitrogens with zero attached hydrogens (tertiary/aromatic N) is 5. The Balaban J connectivity index is 0.000000830. The smallest absolute Gasteiger partial charge is 0.300 e. The van der Waals surface area contributed by atoms with Crippen LogP contribution in [0.4, 0.5) is 5.82 Å². The molecule has 220 valence electrons. The molecule has 1 amide bonds. The topological polar surface area (TPSA) is 117 Å². The van der Waals surface area contributed by atoms with Crippen molar-refractivity contribution < 1.29 is 24.2 Å². The summed E-state index contributed by atoms with van der Waals surface area (Å²) in [7, 11) is 0. The van der Waals surface area contributed by atoms with Crippen LogP contribution in [0.15, 0.2) is 46.2 Å². The van der Waals surface area contributed by atoms with Crippen molar-refractivity contribution in [1.82, 2.24) is 19.2 Å². The molecule has 2 saturated heterocycles. The summed E-state index contributed by atoms with van der Waals surface area (Å²) in [5.74, 6) is 1.17. The van der Waals surface area contributed by atoms with Crippen molar-refractivity contribution in [2.75, 3.05) is 44.4 Å². The van der Waals surface area contributed by atoms with Gasteiger partial charge in [-0.05, 0) is 49.2 Å². The van der Waals surface area contributed by atoms with Gasteiger partial charge in [-0.15, -0.1) is 0 Å². The van der Waals surface area contributed by atoms with Crippen molar-refractivity contribution in [3.63, 3.8) is 0 Å². The average Bonchev–Trinajstić information content (AvgIpc) is 3.53. The molecule has 3 aromatic rings. The molecule has 2 aromatic heterocycles. The molecule has 5 heterocycles. The fourth-order valence-corrected chi connectivity index (χ4v) is 6.30. The van der Waals surface area contributed by atoms with Crippen LogP contribution in [-0.4, -0.2) is 80.0 Å². The minimum Gasteiger partial charge on any atom is -0.481 e. The Morgan fingerprint density at radius 2 is 1.83 bits per heavy atom. The molecule has 3 aliphatic rings. The number of piperazine rings is 1. The molecule has 0 atom stereocenters. The zero-order chi connectivity index (χ0) is 30.0. The van der Waals surface area contributed by atoms with E-state index in [0.29, 0.717) is 45.9 Å². The van der Waals surface area contributed by atoms with Crippen LogP contribution in [0.5, 0.6) is 11.5 Å². The first-order chi connectivity index (χ1) is 20.1. The highest BCUT2D eigenvalue weighted by Gasteiger charge is 2.32. The van der Waals surface area contributed by atoms with Gasteiger partial charge < -0.3 is 19.5 Å². The summed E-state index contributed by atoms with van der Waals surface area (Å²) < 4.78 is 13.0. The lowest BCUT2D eigenvalue weighted by molar-refractivity contribution is -0.134. The molecule has 11 nitrogen and oxygen atoms in total. The molecule has 2 fully saturated rings. The third-order valence-corrected chi connectivity index (χ3v) is 8.34. The Kier molecular flexibility index (Phi) is 8.80. The molecule has 13 heteroatoms. The molecular formula is C29H31N5O6S2. The third kappa shape index (κ3) is 6.27. The fourth-order valence-electron chi connectivity index (χ4n) is 4.93. The molecule has 1 aromatic carbocycles. The van der Waals surface area contributed by atoms with E-state index in [0.717, 1.165) is 43.6 Å². The number of likely N-dealkylation sites (N-methyl/N-ethyl adjacent to an activating group) is 1. The molecular weight excluding hydrogens is 578 g/mol. The summed E-state index contributed by atoms with van der Waals surface area (Å²) in [5.41, 5.74) is 2.91. The molecule has 3 aliphatic heterocycles. The van der Waals surface area contributed by atoms with Gasteiger partial charge in [0.05, 0.1) is 10.5 Å². The quantitative estimate of drug-likeness (QED) is 0.339. The minimum absolute atomic E-state index is 0.171. The van der Waals surface area contributed by atoms with E-state index < -0.39 is 5.97 Å². The van der Waals surface area contributed by atoms with Crippen molar-refractivity contribution in [3.05, 3.63) is 68.5 Å². The Bertz CT molecular complexity index is 1640. The number of amides is 1. The number of fused-ring (bicyclic) bond motifs is 2. The van der Waals surface area contributed by atoms with E-state index in [1.165, 1.54) is 17.3 Å². The molecule has 0 bridgehead atoms. The number of hydrogen-bond donors (Lipinski definition) is 1. The maximum absolute atomic E-state index is 13.7. The van der Waals surface area contributed by atoms with E-state index in [4.69, 9.17) is 36.6 Å². The number of aryl methyl sites for hydroxylation is 1. The van der Waals surface area contributed by atoms with Crippen LogP contribution >= 0.6 is 24.0 Å².